The van der Waals surface area contributed by atoms with E-state index in [4.69, 9.17) is 20.4 Å². The molecule has 1 atom stereocenters. The van der Waals surface area contributed by atoms with Crippen molar-refractivity contribution in [3.05, 3.63) is 10.1 Å². The van der Waals surface area contributed by atoms with Crippen molar-refractivity contribution in [2.75, 3.05) is 26.8 Å². The van der Waals surface area contributed by atoms with Crippen molar-refractivity contribution in [1.82, 2.24) is 9.80 Å². The maximum absolute atomic E-state index is 9.07. The van der Waals surface area contributed by atoms with E-state index in [2.05, 4.69) is 11.9 Å². The molecule has 0 spiro atoms. The molecule has 0 aromatic heterocycles. The normalized spacial score (nSPS) is 20.5. The van der Waals surface area contributed by atoms with Crippen molar-refractivity contribution >= 4 is 0 Å². The molecule has 1 aliphatic rings. The first-order chi connectivity index (χ1) is 5.93. The monoisotopic (exact) mass is 193 g/mol. The third-order valence-corrected chi connectivity index (χ3v) is 1.72. The number of likely N-dealkylation sites (N-methyl/N-ethyl adjacent to an activating group) is 1. The molecule has 0 aromatic rings. The van der Waals surface area contributed by atoms with Crippen LogP contribution in [-0.4, -0.2) is 58.2 Å². The first-order valence-corrected chi connectivity index (χ1v) is 3.87. The van der Waals surface area contributed by atoms with Crippen molar-refractivity contribution < 1.29 is 15.4 Å². The van der Waals surface area contributed by atoms with Crippen LogP contribution >= 0.6 is 0 Å². The molecule has 1 aliphatic heterocycles. The fraction of sp³-hybridized carbons (Fsp3) is 1.00. The predicted molar refractivity (Wildman–Crippen MR) is 44.7 cm³/mol. The molecule has 0 saturated carbocycles. The van der Waals surface area contributed by atoms with Gasteiger partial charge in [0.05, 0.1) is 6.67 Å². The molecule has 78 valence electrons. The molecule has 13 heavy (non-hydrogen) atoms. The minimum Gasteiger partial charge on any atom is -0.379 e. The van der Waals surface area contributed by atoms with Gasteiger partial charge in [0, 0.05) is 13.1 Å². The van der Waals surface area contributed by atoms with Gasteiger partial charge in [-0.05, 0) is 14.0 Å². The number of nitrogens with zero attached hydrogens (tertiary/aromatic N) is 3. The first-order valence-electron chi connectivity index (χ1n) is 3.87. The van der Waals surface area contributed by atoms with E-state index >= 15 is 0 Å². The summed E-state index contributed by atoms with van der Waals surface area (Å²) in [6.07, 6.45) is -0.282. The Bertz CT molecular complexity index is 160. The molecule has 0 amide bonds. The lowest BCUT2D eigenvalue weighted by Gasteiger charge is -2.17. The van der Waals surface area contributed by atoms with Crippen molar-refractivity contribution in [2.45, 2.75) is 13.2 Å². The van der Waals surface area contributed by atoms with Crippen molar-refractivity contribution in [3.63, 3.8) is 0 Å². The summed E-state index contributed by atoms with van der Waals surface area (Å²) in [5, 5.41) is 22.7. The smallest absolute Gasteiger partial charge is 0.291 e. The van der Waals surface area contributed by atoms with E-state index in [1.54, 1.807) is 6.92 Å². The molecule has 0 radical (unpaired) electrons. The minimum atomic E-state index is -1.50. The van der Waals surface area contributed by atoms with E-state index in [-0.39, 0.29) is 6.23 Å². The first kappa shape index (κ1) is 12.1. The fourth-order valence-corrected chi connectivity index (χ4v) is 1.06. The molecule has 1 heterocycles. The zero-order valence-corrected chi connectivity index (χ0v) is 7.75. The van der Waals surface area contributed by atoms with Gasteiger partial charge in [-0.3, -0.25) is 9.80 Å². The van der Waals surface area contributed by atoms with Gasteiger partial charge in [0.1, 0.15) is 6.23 Å². The van der Waals surface area contributed by atoms with Crippen LogP contribution in [-0.2, 0) is 0 Å². The second kappa shape index (κ2) is 5.68. The fourth-order valence-electron chi connectivity index (χ4n) is 1.06. The predicted octanol–water partition coefficient (Wildman–Crippen LogP) is -0.818. The number of hydrogen-bond donors (Lipinski definition) is 2. The summed E-state index contributed by atoms with van der Waals surface area (Å²) in [5.41, 5.74) is 0. The van der Waals surface area contributed by atoms with Crippen LogP contribution in [0.15, 0.2) is 0 Å². The number of aliphatic hydroxyl groups excluding tert-OH is 1. The Morgan fingerprint density at radius 1 is 1.54 bits per heavy atom. The Labute approximate surface area is 76.3 Å². The number of hydrogen-bond acceptors (Lipinski definition) is 5. The van der Waals surface area contributed by atoms with Gasteiger partial charge in [0.2, 0.25) is 0 Å². The Balaban J connectivity index is 0.000000310. The van der Waals surface area contributed by atoms with Gasteiger partial charge in [0.15, 0.2) is 0 Å². The number of rotatable bonds is 1. The van der Waals surface area contributed by atoms with Gasteiger partial charge in [-0.15, -0.1) is 10.1 Å². The number of aliphatic hydroxyl groups is 1. The molecule has 2 N–H and O–H groups in total. The Morgan fingerprint density at radius 2 is 2.00 bits per heavy atom. The summed E-state index contributed by atoms with van der Waals surface area (Å²) in [4.78, 5) is 12.6. The van der Waals surface area contributed by atoms with Crippen molar-refractivity contribution in [3.8, 4) is 0 Å². The third kappa shape index (κ3) is 6.26. The summed E-state index contributed by atoms with van der Waals surface area (Å²) in [5.74, 6) is 0. The van der Waals surface area contributed by atoms with E-state index in [1.807, 2.05) is 4.90 Å². The SMILES string of the molecule is CC(O)N1CCN(C)C1.O=[N+]([O-])O. The van der Waals surface area contributed by atoms with E-state index in [1.165, 1.54) is 0 Å². The topological polar surface area (TPSA) is 90.1 Å². The minimum absolute atomic E-state index is 0.282. The van der Waals surface area contributed by atoms with Crippen LogP contribution in [0.5, 0.6) is 0 Å². The lowest BCUT2D eigenvalue weighted by atomic mass is 10.5. The second-order valence-electron chi connectivity index (χ2n) is 2.90. The van der Waals surface area contributed by atoms with Gasteiger partial charge in [0.25, 0.3) is 5.09 Å². The highest BCUT2D eigenvalue weighted by Gasteiger charge is 2.18. The molecule has 7 heteroatoms. The highest BCUT2D eigenvalue weighted by molar-refractivity contribution is 4.67. The molecule has 1 saturated heterocycles. The molecule has 1 rings (SSSR count). The zero-order chi connectivity index (χ0) is 10.4. The molecule has 0 aliphatic carbocycles. The summed E-state index contributed by atoms with van der Waals surface area (Å²) in [6.45, 7) is 4.77. The average Bonchev–Trinajstić information content (AvgIpc) is 2.34. The van der Waals surface area contributed by atoms with Gasteiger partial charge >= 0.3 is 0 Å². The molecule has 0 bridgehead atoms. The van der Waals surface area contributed by atoms with Gasteiger partial charge < -0.3 is 10.3 Å². The third-order valence-electron chi connectivity index (χ3n) is 1.72. The Hall–Kier alpha value is -0.920. The highest BCUT2D eigenvalue weighted by atomic mass is 16.9. The second-order valence-corrected chi connectivity index (χ2v) is 2.90. The van der Waals surface area contributed by atoms with Gasteiger partial charge in [-0.1, -0.05) is 0 Å². The standard InChI is InChI=1S/C6H14N2O.HNO3/c1-6(9)8-4-3-7(2)5-8;2-1(3)4/h6,9H,3-5H2,1-2H3;(H,2,3,4). The molecular weight excluding hydrogens is 178 g/mol. The molecule has 1 fully saturated rings. The molecule has 1 unspecified atom stereocenters. The van der Waals surface area contributed by atoms with E-state index in [9.17, 15) is 0 Å². The average molecular weight is 193 g/mol. The maximum atomic E-state index is 9.07. The zero-order valence-electron chi connectivity index (χ0n) is 7.75. The summed E-state index contributed by atoms with van der Waals surface area (Å²) < 4.78 is 0. The van der Waals surface area contributed by atoms with Crippen LogP contribution < -0.4 is 0 Å². The Morgan fingerprint density at radius 3 is 2.15 bits per heavy atom. The van der Waals surface area contributed by atoms with E-state index in [0.717, 1.165) is 19.8 Å². The summed E-state index contributed by atoms with van der Waals surface area (Å²) in [6, 6.07) is 0. The van der Waals surface area contributed by atoms with Gasteiger partial charge in [-0.2, -0.15) is 0 Å². The van der Waals surface area contributed by atoms with Gasteiger partial charge in [-0.25, -0.2) is 0 Å². The lowest BCUT2D eigenvalue weighted by molar-refractivity contribution is -0.742. The van der Waals surface area contributed by atoms with E-state index in [0.29, 0.717) is 0 Å². The van der Waals surface area contributed by atoms with Crippen LogP contribution in [0.1, 0.15) is 6.92 Å². The van der Waals surface area contributed by atoms with Crippen LogP contribution in [0.2, 0.25) is 0 Å². The Kier molecular flexibility index (Phi) is 5.28. The van der Waals surface area contributed by atoms with E-state index < -0.39 is 5.09 Å². The maximum Gasteiger partial charge on any atom is 0.291 e. The van der Waals surface area contributed by atoms with Crippen LogP contribution in [0.4, 0.5) is 0 Å². The van der Waals surface area contributed by atoms with Crippen LogP contribution in [0.3, 0.4) is 0 Å². The molecule has 0 aromatic carbocycles. The summed E-state index contributed by atoms with van der Waals surface area (Å²) in [7, 11) is 2.06. The largest absolute Gasteiger partial charge is 0.379 e. The highest BCUT2D eigenvalue weighted by Crippen LogP contribution is 2.03. The molecular formula is C6H15N3O4. The molecule has 7 nitrogen and oxygen atoms in total. The van der Waals surface area contributed by atoms with Crippen molar-refractivity contribution in [2.24, 2.45) is 0 Å². The lowest BCUT2D eigenvalue weighted by Crippen LogP contribution is -2.31. The quantitative estimate of drug-likeness (QED) is 0.418. The van der Waals surface area contributed by atoms with Crippen molar-refractivity contribution in [1.29, 1.82) is 0 Å². The summed E-state index contributed by atoms with van der Waals surface area (Å²) >= 11 is 0. The van der Waals surface area contributed by atoms with Crippen LogP contribution in [0, 0.1) is 10.1 Å². The van der Waals surface area contributed by atoms with Crippen LogP contribution in [0.25, 0.3) is 0 Å².